The fourth-order valence-electron chi connectivity index (χ4n) is 3.46. The standard InChI is InChI=1S/C17H19FN6O4/c1-28-22-13-7-23(6-12(13)21-19)16-11(18)4-9-14(25)10(17(26)27)5-24(8-2-3-8)15(9)20-16/h4-5,8,12,21H,2-3,6-7,19H2,1H3,(H,26,27)/b22-13+. The number of carbonyl (C=O) groups is 1. The second-order valence-electron chi connectivity index (χ2n) is 6.85. The molecule has 1 aliphatic carbocycles. The Balaban J connectivity index is 1.86. The maximum Gasteiger partial charge on any atom is 0.341 e. The predicted octanol–water partition coefficient (Wildman–Crippen LogP) is 0.223. The van der Waals surface area contributed by atoms with E-state index < -0.39 is 22.8 Å². The number of anilines is 1. The van der Waals surface area contributed by atoms with Crippen LogP contribution in [0.15, 0.2) is 22.2 Å². The van der Waals surface area contributed by atoms with Crippen molar-refractivity contribution in [3.8, 4) is 0 Å². The summed E-state index contributed by atoms with van der Waals surface area (Å²) in [6.45, 7) is 0.563. The Morgan fingerprint density at radius 2 is 2.25 bits per heavy atom. The third-order valence-corrected chi connectivity index (χ3v) is 4.98. The van der Waals surface area contributed by atoms with Crippen molar-refractivity contribution in [3.63, 3.8) is 0 Å². The molecule has 10 nitrogen and oxygen atoms in total. The summed E-state index contributed by atoms with van der Waals surface area (Å²) in [5.74, 6) is 3.52. The number of nitrogens with two attached hydrogens (primary N) is 1. The monoisotopic (exact) mass is 390 g/mol. The largest absolute Gasteiger partial charge is 0.477 e. The summed E-state index contributed by atoms with van der Waals surface area (Å²) in [4.78, 5) is 34.8. The van der Waals surface area contributed by atoms with Gasteiger partial charge in [0.1, 0.15) is 18.3 Å². The average molecular weight is 390 g/mol. The van der Waals surface area contributed by atoms with Crippen molar-refractivity contribution in [2.24, 2.45) is 11.0 Å². The number of hydrogen-bond acceptors (Lipinski definition) is 8. The molecule has 28 heavy (non-hydrogen) atoms. The highest BCUT2D eigenvalue weighted by molar-refractivity contribution is 5.97. The SMILES string of the molecule is CO/N=C1\CN(c2nc3c(cc2F)c(=O)c(C(=O)O)cn3C2CC2)CC1NN. The van der Waals surface area contributed by atoms with Gasteiger partial charge in [-0.15, -0.1) is 0 Å². The molecule has 1 saturated carbocycles. The van der Waals surface area contributed by atoms with Gasteiger partial charge < -0.3 is 19.4 Å². The Morgan fingerprint density at radius 1 is 1.50 bits per heavy atom. The molecule has 0 spiro atoms. The summed E-state index contributed by atoms with van der Waals surface area (Å²) >= 11 is 0. The van der Waals surface area contributed by atoms with Crippen LogP contribution < -0.4 is 21.6 Å². The number of hydrogen-bond donors (Lipinski definition) is 3. The normalized spacial score (nSPS) is 20.9. The van der Waals surface area contributed by atoms with Gasteiger partial charge in [-0.25, -0.2) is 19.6 Å². The summed E-state index contributed by atoms with van der Waals surface area (Å²) in [5.41, 5.74) is 2.32. The minimum absolute atomic E-state index is 0.0472. The lowest BCUT2D eigenvalue weighted by molar-refractivity contribution is 0.0695. The van der Waals surface area contributed by atoms with Gasteiger partial charge >= 0.3 is 5.97 Å². The van der Waals surface area contributed by atoms with Gasteiger partial charge in [-0.2, -0.15) is 0 Å². The van der Waals surface area contributed by atoms with Crippen LogP contribution in [0, 0.1) is 5.82 Å². The van der Waals surface area contributed by atoms with Crippen molar-refractivity contribution in [1.82, 2.24) is 15.0 Å². The van der Waals surface area contributed by atoms with Crippen molar-refractivity contribution in [2.45, 2.75) is 24.9 Å². The van der Waals surface area contributed by atoms with Crippen LogP contribution in [0.3, 0.4) is 0 Å². The number of nitrogens with one attached hydrogen (secondary N) is 1. The molecule has 0 amide bonds. The average Bonchev–Trinajstić information content (AvgIpc) is 3.42. The molecule has 0 bridgehead atoms. The van der Waals surface area contributed by atoms with E-state index in [1.807, 2.05) is 0 Å². The molecule has 1 saturated heterocycles. The van der Waals surface area contributed by atoms with Crippen LogP contribution in [0.2, 0.25) is 0 Å². The summed E-state index contributed by atoms with van der Waals surface area (Å²) in [6.07, 6.45) is 2.99. The Hall–Kier alpha value is -3.05. The Kier molecular flexibility index (Phi) is 4.47. The second kappa shape index (κ2) is 6.84. The summed E-state index contributed by atoms with van der Waals surface area (Å²) in [6, 6.07) is 0.772. The molecular weight excluding hydrogens is 371 g/mol. The van der Waals surface area contributed by atoms with Crippen molar-refractivity contribution >= 4 is 28.5 Å². The highest BCUT2D eigenvalue weighted by Crippen LogP contribution is 2.37. The van der Waals surface area contributed by atoms with Crippen LogP contribution in [0.25, 0.3) is 11.0 Å². The molecule has 1 unspecified atom stereocenters. The quantitative estimate of drug-likeness (QED) is 0.488. The zero-order valence-corrected chi connectivity index (χ0v) is 15.1. The van der Waals surface area contributed by atoms with E-state index in [4.69, 9.17) is 10.7 Å². The molecule has 148 valence electrons. The number of carboxylic acids is 1. The first-order valence-corrected chi connectivity index (χ1v) is 8.74. The molecular formula is C17H19FN6O4. The van der Waals surface area contributed by atoms with Crippen molar-refractivity contribution in [3.05, 3.63) is 33.9 Å². The first kappa shape index (κ1) is 18.3. The van der Waals surface area contributed by atoms with Gasteiger partial charge in [0.25, 0.3) is 0 Å². The number of rotatable bonds is 5. The molecule has 2 aromatic heterocycles. The van der Waals surface area contributed by atoms with Gasteiger partial charge in [0.15, 0.2) is 11.6 Å². The Bertz CT molecular complexity index is 1050. The topological polar surface area (TPSA) is 135 Å². The zero-order chi connectivity index (χ0) is 20.0. The smallest absolute Gasteiger partial charge is 0.341 e. The third-order valence-electron chi connectivity index (χ3n) is 4.98. The molecule has 4 rings (SSSR count). The fraction of sp³-hybridized carbons (Fsp3) is 0.412. The zero-order valence-electron chi connectivity index (χ0n) is 15.1. The molecule has 2 fully saturated rings. The van der Waals surface area contributed by atoms with Gasteiger partial charge in [0.05, 0.1) is 23.7 Å². The number of nitrogens with zero attached hydrogens (tertiary/aromatic N) is 4. The van der Waals surface area contributed by atoms with Gasteiger partial charge in [0.2, 0.25) is 5.43 Å². The third kappa shape index (κ3) is 2.98. The van der Waals surface area contributed by atoms with Crippen molar-refractivity contribution in [2.75, 3.05) is 25.1 Å². The Morgan fingerprint density at radius 3 is 2.86 bits per heavy atom. The summed E-state index contributed by atoms with van der Waals surface area (Å²) in [7, 11) is 1.41. The number of pyridine rings is 2. The number of aromatic nitrogens is 2. The molecule has 1 aliphatic heterocycles. The fourth-order valence-corrected chi connectivity index (χ4v) is 3.46. The van der Waals surface area contributed by atoms with Gasteiger partial charge in [-0.3, -0.25) is 10.6 Å². The maximum atomic E-state index is 14.9. The van der Waals surface area contributed by atoms with E-state index >= 15 is 0 Å². The molecule has 0 aromatic carbocycles. The molecule has 2 aromatic rings. The van der Waals surface area contributed by atoms with E-state index in [0.717, 1.165) is 18.9 Å². The molecule has 2 aliphatic rings. The minimum atomic E-state index is -1.34. The number of aromatic carboxylic acids is 1. The van der Waals surface area contributed by atoms with E-state index in [2.05, 4.69) is 15.6 Å². The highest BCUT2D eigenvalue weighted by Gasteiger charge is 2.33. The first-order valence-electron chi connectivity index (χ1n) is 8.74. The molecule has 0 radical (unpaired) electrons. The van der Waals surface area contributed by atoms with E-state index in [1.54, 1.807) is 9.47 Å². The van der Waals surface area contributed by atoms with Gasteiger partial charge in [0, 0.05) is 18.8 Å². The lowest BCUT2D eigenvalue weighted by Gasteiger charge is -2.19. The molecule has 1 atom stereocenters. The van der Waals surface area contributed by atoms with E-state index in [0.29, 0.717) is 12.3 Å². The Labute approximate surface area is 158 Å². The number of oxime groups is 1. The first-order chi connectivity index (χ1) is 13.4. The predicted molar refractivity (Wildman–Crippen MR) is 99.0 cm³/mol. The van der Waals surface area contributed by atoms with E-state index in [9.17, 15) is 19.1 Å². The maximum absolute atomic E-state index is 14.9. The minimum Gasteiger partial charge on any atom is -0.477 e. The van der Waals surface area contributed by atoms with Crippen LogP contribution in [-0.2, 0) is 4.84 Å². The summed E-state index contributed by atoms with van der Waals surface area (Å²) < 4.78 is 16.5. The van der Waals surface area contributed by atoms with Crippen molar-refractivity contribution in [1.29, 1.82) is 0 Å². The van der Waals surface area contributed by atoms with Crippen LogP contribution >= 0.6 is 0 Å². The number of carboxylic acid groups (broad SMARTS) is 1. The van der Waals surface area contributed by atoms with Gasteiger partial charge in [-0.1, -0.05) is 5.16 Å². The number of halogens is 1. The van der Waals surface area contributed by atoms with Crippen LogP contribution in [0.5, 0.6) is 0 Å². The number of fused-ring (bicyclic) bond motifs is 1. The molecule has 3 heterocycles. The highest BCUT2D eigenvalue weighted by atomic mass is 19.1. The van der Waals surface area contributed by atoms with E-state index in [-0.39, 0.29) is 35.5 Å². The van der Waals surface area contributed by atoms with Crippen LogP contribution in [0.4, 0.5) is 10.2 Å². The van der Waals surface area contributed by atoms with Crippen molar-refractivity contribution < 1.29 is 19.1 Å². The second-order valence-corrected chi connectivity index (χ2v) is 6.85. The lowest BCUT2D eigenvalue weighted by Crippen LogP contribution is -2.41. The van der Waals surface area contributed by atoms with Crippen LogP contribution in [0.1, 0.15) is 29.2 Å². The number of hydrazine groups is 1. The lowest BCUT2D eigenvalue weighted by atomic mass is 10.2. The van der Waals surface area contributed by atoms with Crippen LogP contribution in [-0.4, -0.2) is 52.6 Å². The molecule has 4 N–H and O–H groups in total. The molecule has 11 heteroatoms. The summed E-state index contributed by atoms with van der Waals surface area (Å²) in [5, 5.41) is 13.2. The van der Waals surface area contributed by atoms with E-state index in [1.165, 1.54) is 13.3 Å². The van der Waals surface area contributed by atoms with Gasteiger partial charge in [-0.05, 0) is 18.9 Å².